The maximum atomic E-state index is 4.81. The lowest BCUT2D eigenvalue weighted by atomic mass is 10.2. The van der Waals surface area contributed by atoms with Gasteiger partial charge in [-0.3, -0.25) is 4.99 Å². The molecule has 0 rings (SSSR count). The molecule has 0 saturated carbocycles. The van der Waals surface area contributed by atoms with Crippen LogP contribution in [0.1, 0.15) is 92.9 Å². The zero-order valence-electron chi connectivity index (χ0n) is 20.9. The van der Waals surface area contributed by atoms with Crippen LogP contribution in [0.15, 0.2) is 28.5 Å². The molecule has 0 saturated heterocycles. The Balaban J connectivity index is 4.27. The quantitative estimate of drug-likeness (QED) is 0.109. The van der Waals surface area contributed by atoms with Crippen molar-refractivity contribution < 1.29 is 0 Å². The normalized spacial score (nSPS) is 13.4. The minimum atomic E-state index is -1.25. The molecule has 0 unspecified atom stereocenters. The summed E-state index contributed by atoms with van der Waals surface area (Å²) in [5, 5.41) is 0. The molecule has 0 fully saturated rings. The SMILES string of the molecule is C/C=C/[Si](CC=NCCCCCC[Si](/C=C/C)(CCC)CCC)(CCC)CCC. The number of nitrogens with zero attached hydrogens (tertiary/aromatic N) is 1. The van der Waals surface area contributed by atoms with Crippen molar-refractivity contribution in [1.82, 2.24) is 0 Å². The zero-order chi connectivity index (χ0) is 21.8. The molecular formula is C26H53NSi2. The van der Waals surface area contributed by atoms with Gasteiger partial charge in [0, 0.05) is 6.54 Å². The van der Waals surface area contributed by atoms with Gasteiger partial charge >= 0.3 is 0 Å². The summed E-state index contributed by atoms with van der Waals surface area (Å²) in [6, 6.07) is 8.58. The zero-order valence-corrected chi connectivity index (χ0v) is 22.9. The van der Waals surface area contributed by atoms with Crippen LogP contribution in [-0.4, -0.2) is 28.9 Å². The molecule has 0 aliphatic carbocycles. The average molecular weight is 436 g/mol. The highest BCUT2D eigenvalue weighted by Gasteiger charge is 2.27. The van der Waals surface area contributed by atoms with E-state index in [2.05, 4.69) is 71.3 Å². The molecule has 1 nitrogen and oxygen atoms in total. The average Bonchev–Trinajstić information content (AvgIpc) is 2.68. The van der Waals surface area contributed by atoms with Gasteiger partial charge in [0.05, 0.1) is 16.1 Å². The van der Waals surface area contributed by atoms with E-state index in [1.807, 2.05) is 0 Å². The van der Waals surface area contributed by atoms with Crippen LogP contribution in [0.25, 0.3) is 0 Å². The Kier molecular flexibility index (Phi) is 18.1. The molecule has 0 aromatic carbocycles. The first-order valence-electron chi connectivity index (χ1n) is 12.8. The molecule has 0 radical (unpaired) electrons. The van der Waals surface area contributed by atoms with E-state index < -0.39 is 16.1 Å². The van der Waals surface area contributed by atoms with Crippen molar-refractivity contribution in [3.8, 4) is 0 Å². The van der Waals surface area contributed by atoms with Crippen LogP contribution in [0.5, 0.6) is 0 Å². The molecule has 29 heavy (non-hydrogen) atoms. The number of hydrogen-bond acceptors (Lipinski definition) is 1. The summed E-state index contributed by atoms with van der Waals surface area (Å²) in [4.78, 5) is 4.81. The monoisotopic (exact) mass is 435 g/mol. The number of allylic oxidation sites excluding steroid dienone is 2. The van der Waals surface area contributed by atoms with Crippen molar-refractivity contribution in [3.05, 3.63) is 23.6 Å². The maximum absolute atomic E-state index is 4.81. The van der Waals surface area contributed by atoms with Crippen LogP contribution < -0.4 is 0 Å². The molecule has 0 N–H and O–H groups in total. The molecule has 0 heterocycles. The Labute approximate surface area is 186 Å². The van der Waals surface area contributed by atoms with Gasteiger partial charge in [0.15, 0.2) is 0 Å². The van der Waals surface area contributed by atoms with Gasteiger partial charge in [-0.2, -0.15) is 0 Å². The van der Waals surface area contributed by atoms with Crippen LogP contribution in [0.3, 0.4) is 0 Å². The number of hydrogen-bond donors (Lipinski definition) is 0. The number of unbranched alkanes of at least 4 members (excludes halogenated alkanes) is 3. The molecule has 3 heteroatoms. The molecule has 0 aliphatic rings. The molecule has 0 aliphatic heterocycles. The predicted octanol–water partition coefficient (Wildman–Crippen LogP) is 9.39. The molecule has 0 aromatic heterocycles. The Morgan fingerprint density at radius 1 is 0.586 bits per heavy atom. The highest BCUT2D eigenvalue weighted by Crippen LogP contribution is 2.29. The van der Waals surface area contributed by atoms with E-state index in [1.165, 1.54) is 87.6 Å². The predicted molar refractivity (Wildman–Crippen MR) is 143 cm³/mol. The Hall–Kier alpha value is -0.416. The van der Waals surface area contributed by atoms with Gasteiger partial charge in [-0.1, -0.05) is 126 Å². The molecule has 0 bridgehead atoms. The molecule has 0 amide bonds. The van der Waals surface area contributed by atoms with Gasteiger partial charge in [-0.15, -0.1) is 0 Å². The van der Waals surface area contributed by atoms with Crippen LogP contribution in [0.2, 0.25) is 36.3 Å². The van der Waals surface area contributed by atoms with E-state index in [1.54, 1.807) is 0 Å². The van der Waals surface area contributed by atoms with Crippen molar-refractivity contribution >= 4 is 22.4 Å². The van der Waals surface area contributed by atoms with Gasteiger partial charge in [0.25, 0.3) is 0 Å². The van der Waals surface area contributed by atoms with Crippen LogP contribution in [-0.2, 0) is 0 Å². The fourth-order valence-corrected chi connectivity index (χ4v) is 14.5. The maximum Gasteiger partial charge on any atom is 0.0825 e. The number of rotatable bonds is 19. The first kappa shape index (κ1) is 28.6. The third kappa shape index (κ3) is 12.8. The van der Waals surface area contributed by atoms with Gasteiger partial charge in [-0.05, 0) is 32.5 Å². The molecule has 0 atom stereocenters. The van der Waals surface area contributed by atoms with Gasteiger partial charge in [0.1, 0.15) is 0 Å². The minimum Gasteiger partial charge on any atom is -0.298 e. The second-order valence-electron chi connectivity index (χ2n) is 9.18. The summed E-state index contributed by atoms with van der Waals surface area (Å²) >= 11 is 0. The van der Waals surface area contributed by atoms with E-state index in [0.717, 1.165) is 6.54 Å². The van der Waals surface area contributed by atoms with Gasteiger partial charge in [0.2, 0.25) is 0 Å². The van der Waals surface area contributed by atoms with Crippen LogP contribution >= 0.6 is 0 Å². The van der Waals surface area contributed by atoms with E-state index in [9.17, 15) is 0 Å². The smallest absolute Gasteiger partial charge is 0.0825 e. The highest BCUT2D eigenvalue weighted by atomic mass is 28.3. The second-order valence-corrected chi connectivity index (χ2v) is 18.2. The summed E-state index contributed by atoms with van der Waals surface area (Å²) in [6.07, 6.45) is 17.8. The molecule has 170 valence electrons. The number of aliphatic imine (C=N–C) groups is 1. The first-order chi connectivity index (χ1) is 14.1. The van der Waals surface area contributed by atoms with Crippen molar-refractivity contribution in [3.63, 3.8) is 0 Å². The molecule has 0 aromatic rings. The summed E-state index contributed by atoms with van der Waals surface area (Å²) in [5.41, 5.74) is 5.23. The third-order valence-corrected chi connectivity index (χ3v) is 16.8. The minimum absolute atomic E-state index is 1.04. The first-order valence-corrected chi connectivity index (χ1v) is 18.2. The van der Waals surface area contributed by atoms with Crippen LogP contribution in [0, 0.1) is 0 Å². The van der Waals surface area contributed by atoms with E-state index in [-0.39, 0.29) is 0 Å². The Morgan fingerprint density at radius 3 is 1.59 bits per heavy atom. The lowest BCUT2D eigenvalue weighted by molar-refractivity contribution is 0.669. The van der Waals surface area contributed by atoms with E-state index in [0.29, 0.717) is 0 Å². The van der Waals surface area contributed by atoms with Gasteiger partial charge in [-0.25, -0.2) is 0 Å². The second kappa shape index (κ2) is 18.4. The lowest BCUT2D eigenvalue weighted by Gasteiger charge is -2.28. The summed E-state index contributed by atoms with van der Waals surface area (Å²) in [7, 11) is -2.39. The van der Waals surface area contributed by atoms with Crippen molar-refractivity contribution in [2.24, 2.45) is 4.99 Å². The molecule has 0 spiro atoms. The summed E-state index contributed by atoms with van der Waals surface area (Å²) in [5.74, 6) is 0. The highest BCUT2D eigenvalue weighted by molar-refractivity contribution is 6.86. The van der Waals surface area contributed by atoms with Crippen LogP contribution in [0.4, 0.5) is 0 Å². The Morgan fingerprint density at radius 2 is 1.07 bits per heavy atom. The fourth-order valence-electron chi connectivity index (χ4n) is 5.26. The third-order valence-electron chi connectivity index (χ3n) is 6.37. The summed E-state index contributed by atoms with van der Waals surface area (Å²) in [6.45, 7) is 14.9. The fraction of sp³-hybridized carbons (Fsp3) is 0.808. The van der Waals surface area contributed by atoms with E-state index in [4.69, 9.17) is 4.99 Å². The lowest BCUT2D eigenvalue weighted by Crippen LogP contribution is -2.32. The van der Waals surface area contributed by atoms with E-state index >= 15 is 0 Å². The van der Waals surface area contributed by atoms with Crippen molar-refractivity contribution in [1.29, 1.82) is 0 Å². The van der Waals surface area contributed by atoms with Gasteiger partial charge < -0.3 is 0 Å². The molecular weight excluding hydrogens is 382 g/mol. The standard InChI is InChI=1S/C26H53NSi2/c1-7-19-28(20-8-2,21-9-3)25-16-14-13-15-17-27-18-26-29(22-10-4,23-11-5)24-12-6/h7,10,18-19,22H,8-9,11-17,20-21,23-26H2,1-6H3/b19-7+,22-10+,27-18?. The topological polar surface area (TPSA) is 12.4 Å². The largest absolute Gasteiger partial charge is 0.298 e. The van der Waals surface area contributed by atoms with Crippen molar-refractivity contribution in [2.75, 3.05) is 6.54 Å². The van der Waals surface area contributed by atoms with Crippen molar-refractivity contribution in [2.45, 2.75) is 129 Å². The summed E-state index contributed by atoms with van der Waals surface area (Å²) < 4.78 is 0. The Bertz CT molecular complexity index is 442.